The summed E-state index contributed by atoms with van der Waals surface area (Å²) < 4.78 is 6.80. The third-order valence-electron chi connectivity index (χ3n) is 4.79. The van der Waals surface area contributed by atoms with Crippen molar-refractivity contribution in [2.45, 2.75) is 20.0 Å². The average molecular weight is 402 g/mol. The summed E-state index contributed by atoms with van der Waals surface area (Å²) in [5, 5.41) is 7.88. The van der Waals surface area contributed by atoms with Crippen LogP contribution in [-0.2, 0) is 17.9 Å². The highest BCUT2D eigenvalue weighted by Crippen LogP contribution is 2.26. The van der Waals surface area contributed by atoms with E-state index in [1.807, 2.05) is 67.4 Å². The molecule has 0 fully saturated rings. The highest BCUT2D eigenvalue weighted by atomic mass is 16.3. The van der Waals surface area contributed by atoms with Gasteiger partial charge >= 0.3 is 0 Å². The molecule has 0 unspecified atom stereocenters. The monoisotopic (exact) mass is 402 g/mol. The Morgan fingerprint density at radius 1 is 1.13 bits per heavy atom. The number of carbonyl (C=O) groups excluding carboxylic acids is 1. The smallest absolute Gasteiger partial charge is 0.269 e. The zero-order valence-electron chi connectivity index (χ0n) is 16.8. The topological polar surface area (TPSA) is 80.4 Å². The SMILES string of the molecule is Cc1cc2cccc(NC(=O)Cn3ncc(N(C)Cc4ccccc4)cc3=O)c2o1. The number of nitrogens with zero attached hydrogens (tertiary/aromatic N) is 3. The number of fused-ring (bicyclic) bond motifs is 1. The Balaban J connectivity index is 1.45. The molecule has 0 aliphatic carbocycles. The van der Waals surface area contributed by atoms with E-state index in [-0.39, 0.29) is 18.0 Å². The largest absolute Gasteiger partial charge is 0.459 e. The van der Waals surface area contributed by atoms with Gasteiger partial charge < -0.3 is 14.6 Å². The van der Waals surface area contributed by atoms with Crippen molar-refractivity contribution in [3.63, 3.8) is 0 Å². The quantitative estimate of drug-likeness (QED) is 0.533. The van der Waals surface area contributed by atoms with Gasteiger partial charge in [0.25, 0.3) is 5.56 Å². The van der Waals surface area contributed by atoms with Crippen LogP contribution >= 0.6 is 0 Å². The molecule has 0 spiro atoms. The molecule has 1 amide bonds. The van der Waals surface area contributed by atoms with Crippen molar-refractivity contribution in [3.8, 4) is 0 Å². The Kier molecular flexibility index (Phi) is 5.34. The van der Waals surface area contributed by atoms with Gasteiger partial charge in [-0.05, 0) is 24.6 Å². The summed E-state index contributed by atoms with van der Waals surface area (Å²) in [6.07, 6.45) is 1.59. The molecule has 0 bridgehead atoms. The number of benzene rings is 2. The molecule has 0 saturated heterocycles. The number of hydrogen-bond acceptors (Lipinski definition) is 5. The van der Waals surface area contributed by atoms with Gasteiger partial charge in [-0.1, -0.05) is 42.5 Å². The molecule has 0 atom stereocenters. The molecule has 1 N–H and O–H groups in total. The molecule has 2 aromatic carbocycles. The van der Waals surface area contributed by atoms with Crippen LogP contribution in [0.3, 0.4) is 0 Å². The summed E-state index contributed by atoms with van der Waals surface area (Å²) in [6.45, 7) is 2.32. The van der Waals surface area contributed by atoms with Crippen LogP contribution in [0.2, 0.25) is 0 Å². The van der Waals surface area contributed by atoms with Crippen molar-refractivity contribution < 1.29 is 9.21 Å². The predicted molar refractivity (Wildman–Crippen MR) is 117 cm³/mol. The van der Waals surface area contributed by atoms with Gasteiger partial charge in [0.05, 0.1) is 17.6 Å². The van der Waals surface area contributed by atoms with Crippen LogP contribution in [0.1, 0.15) is 11.3 Å². The summed E-state index contributed by atoms with van der Waals surface area (Å²) in [7, 11) is 1.90. The minimum Gasteiger partial charge on any atom is -0.459 e. The van der Waals surface area contributed by atoms with Crippen molar-refractivity contribution >= 4 is 28.3 Å². The van der Waals surface area contributed by atoms with Crippen LogP contribution in [0.15, 0.2) is 76.1 Å². The molecule has 7 nitrogen and oxygen atoms in total. The van der Waals surface area contributed by atoms with Crippen molar-refractivity contribution in [1.29, 1.82) is 0 Å². The first-order chi connectivity index (χ1) is 14.5. The lowest BCUT2D eigenvalue weighted by atomic mass is 10.2. The number of hydrogen-bond donors (Lipinski definition) is 1. The number of anilines is 2. The van der Waals surface area contributed by atoms with Crippen LogP contribution < -0.4 is 15.8 Å². The van der Waals surface area contributed by atoms with E-state index >= 15 is 0 Å². The van der Waals surface area contributed by atoms with E-state index < -0.39 is 0 Å². The van der Waals surface area contributed by atoms with Crippen LogP contribution in [-0.4, -0.2) is 22.7 Å². The first-order valence-electron chi connectivity index (χ1n) is 9.61. The zero-order valence-corrected chi connectivity index (χ0v) is 16.8. The average Bonchev–Trinajstić information content (AvgIpc) is 3.11. The van der Waals surface area contributed by atoms with Gasteiger partial charge in [-0.15, -0.1) is 0 Å². The maximum absolute atomic E-state index is 12.5. The normalized spacial score (nSPS) is 10.9. The number of furan rings is 1. The molecule has 4 rings (SSSR count). The fraction of sp³-hybridized carbons (Fsp3) is 0.174. The molecule has 0 aliphatic rings. The molecule has 152 valence electrons. The molecule has 0 aliphatic heterocycles. The second kappa shape index (κ2) is 8.24. The second-order valence-electron chi connectivity index (χ2n) is 7.18. The number of nitrogens with one attached hydrogen (secondary N) is 1. The molecule has 7 heteroatoms. The number of rotatable bonds is 6. The number of para-hydroxylation sites is 1. The summed E-state index contributed by atoms with van der Waals surface area (Å²) >= 11 is 0. The molecule has 4 aromatic rings. The number of aryl methyl sites for hydroxylation is 1. The van der Waals surface area contributed by atoms with Gasteiger partial charge in [0.1, 0.15) is 12.3 Å². The lowest BCUT2D eigenvalue weighted by Crippen LogP contribution is -2.30. The summed E-state index contributed by atoms with van der Waals surface area (Å²) in [5.74, 6) is 0.413. The molecule has 0 saturated carbocycles. The summed E-state index contributed by atoms with van der Waals surface area (Å²) in [4.78, 5) is 26.9. The van der Waals surface area contributed by atoms with Gasteiger partial charge in [0.2, 0.25) is 5.91 Å². The third-order valence-corrected chi connectivity index (χ3v) is 4.79. The van der Waals surface area contributed by atoms with Crippen LogP contribution in [0, 0.1) is 6.92 Å². The maximum Gasteiger partial charge on any atom is 0.269 e. The lowest BCUT2D eigenvalue weighted by molar-refractivity contribution is -0.117. The minimum absolute atomic E-state index is 0.183. The Hall–Kier alpha value is -3.87. The van der Waals surface area contributed by atoms with Crippen LogP contribution in [0.4, 0.5) is 11.4 Å². The second-order valence-corrected chi connectivity index (χ2v) is 7.18. The Morgan fingerprint density at radius 2 is 1.93 bits per heavy atom. The van der Waals surface area contributed by atoms with E-state index in [9.17, 15) is 9.59 Å². The van der Waals surface area contributed by atoms with E-state index in [0.29, 0.717) is 23.5 Å². The van der Waals surface area contributed by atoms with E-state index in [2.05, 4.69) is 10.4 Å². The first-order valence-corrected chi connectivity index (χ1v) is 9.61. The third kappa shape index (κ3) is 4.25. The Morgan fingerprint density at radius 3 is 2.70 bits per heavy atom. The Bertz CT molecular complexity index is 1240. The fourth-order valence-corrected chi connectivity index (χ4v) is 3.32. The number of carbonyl (C=O) groups is 1. The highest BCUT2D eigenvalue weighted by molar-refractivity contribution is 5.99. The number of aromatic nitrogens is 2. The van der Waals surface area contributed by atoms with Crippen molar-refractivity contribution in [1.82, 2.24) is 9.78 Å². The first kappa shape index (κ1) is 19.4. The molecule has 2 heterocycles. The zero-order chi connectivity index (χ0) is 21.1. The van der Waals surface area contributed by atoms with E-state index in [0.717, 1.165) is 21.4 Å². The van der Waals surface area contributed by atoms with Gasteiger partial charge in [-0.2, -0.15) is 5.10 Å². The van der Waals surface area contributed by atoms with Crippen LogP contribution in [0.25, 0.3) is 11.0 Å². The van der Waals surface area contributed by atoms with Crippen molar-refractivity contribution in [3.05, 3.63) is 88.5 Å². The van der Waals surface area contributed by atoms with Gasteiger partial charge in [0, 0.05) is 25.0 Å². The molecular weight excluding hydrogens is 380 g/mol. The summed E-state index contributed by atoms with van der Waals surface area (Å²) in [6, 6.07) is 18.9. The van der Waals surface area contributed by atoms with Gasteiger partial charge in [0.15, 0.2) is 5.58 Å². The van der Waals surface area contributed by atoms with Crippen LogP contribution in [0.5, 0.6) is 0 Å². The standard InChI is InChI=1S/C23H22N4O3/c1-16-11-18-9-6-10-20(23(18)30-16)25-21(28)15-27-22(29)12-19(13-24-27)26(2)14-17-7-4-3-5-8-17/h3-13H,14-15H2,1-2H3,(H,25,28). The summed E-state index contributed by atoms with van der Waals surface area (Å²) in [5.41, 5.74) is 2.66. The molecular formula is C23H22N4O3. The highest BCUT2D eigenvalue weighted by Gasteiger charge is 2.12. The Labute approximate surface area is 173 Å². The van der Waals surface area contributed by atoms with E-state index in [1.54, 1.807) is 12.3 Å². The van der Waals surface area contributed by atoms with E-state index in [4.69, 9.17) is 4.42 Å². The molecule has 2 aromatic heterocycles. The van der Waals surface area contributed by atoms with Crippen molar-refractivity contribution in [2.75, 3.05) is 17.3 Å². The number of amides is 1. The van der Waals surface area contributed by atoms with Gasteiger partial charge in [-0.3, -0.25) is 9.59 Å². The molecule has 0 radical (unpaired) electrons. The lowest BCUT2D eigenvalue weighted by Gasteiger charge is -2.19. The fourth-order valence-electron chi connectivity index (χ4n) is 3.32. The molecule has 30 heavy (non-hydrogen) atoms. The van der Waals surface area contributed by atoms with Gasteiger partial charge in [-0.25, -0.2) is 4.68 Å². The maximum atomic E-state index is 12.5. The minimum atomic E-state index is -0.350. The van der Waals surface area contributed by atoms with E-state index in [1.165, 1.54) is 6.07 Å². The predicted octanol–water partition coefficient (Wildman–Crippen LogP) is 3.57. The van der Waals surface area contributed by atoms with Crippen molar-refractivity contribution in [2.24, 2.45) is 0 Å².